The quantitative estimate of drug-likeness (QED) is 0.774. The summed E-state index contributed by atoms with van der Waals surface area (Å²) < 4.78 is 5.16. The monoisotopic (exact) mass is 364 g/mol. The first-order valence-corrected chi connectivity index (χ1v) is 8.86. The lowest BCUT2D eigenvalue weighted by molar-refractivity contribution is 0.0515. The molecule has 7 heteroatoms. The molecule has 0 aliphatic carbocycles. The zero-order chi connectivity index (χ0) is 18.8. The van der Waals surface area contributed by atoms with Gasteiger partial charge in [0.05, 0.1) is 12.0 Å². The van der Waals surface area contributed by atoms with Crippen molar-refractivity contribution in [2.75, 3.05) is 26.2 Å². The molecule has 27 heavy (non-hydrogen) atoms. The van der Waals surface area contributed by atoms with Crippen LogP contribution in [0.2, 0.25) is 0 Å². The van der Waals surface area contributed by atoms with E-state index in [0.717, 1.165) is 11.3 Å². The number of hydrogen-bond acceptors (Lipinski definition) is 4. The topological polar surface area (TPSA) is 82.4 Å². The van der Waals surface area contributed by atoms with Gasteiger partial charge in [0.15, 0.2) is 5.76 Å². The number of H-pyrrole nitrogens is 1. The number of rotatable bonds is 3. The molecule has 138 valence electrons. The Balaban J connectivity index is 1.40. The van der Waals surface area contributed by atoms with Crippen LogP contribution >= 0.6 is 0 Å². The maximum absolute atomic E-state index is 12.7. The third-order valence-electron chi connectivity index (χ3n) is 4.74. The average molecular weight is 364 g/mol. The average Bonchev–Trinajstić information content (AvgIpc) is 3.40. The van der Waals surface area contributed by atoms with Crippen molar-refractivity contribution in [3.8, 4) is 11.3 Å². The molecule has 1 saturated heterocycles. The Morgan fingerprint density at radius 1 is 1.00 bits per heavy atom. The van der Waals surface area contributed by atoms with Crippen LogP contribution in [0.4, 0.5) is 0 Å². The largest absolute Gasteiger partial charge is 0.459 e. The van der Waals surface area contributed by atoms with E-state index in [2.05, 4.69) is 10.2 Å². The number of nitrogens with zero attached hydrogens (tertiary/aromatic N) is 3. The highest BCUT2D eigenvalue weighted by Crippen LogP contribution is 2.19. The molecule has 1 N–H and O–H groups in total. The Morgan fingerprint density at radius 2 is 1.67 bits per heavy atom. The molecule has 1 fully saturated rings. The van der Waals surface area contributed by atoms with Crippen molar-refractivity contribution >= 4 is 11.8 Å². The van der Waals surface area contributed by atoms with Gasteiger partial charge in [-0.3, -0.25) is 14.7 Å². The van der Waals surface area contributed by atoms with Gasteiger partial charge < -0.3 is 14.2 Å². The van der Waals surface area contributed by atoms with Crippen molar-refractivity contribution in [3.05, 3.63) is 65.7 Å². The Bertz CT molecular complexity index is 936. The van der Waals surface area contributed by atoms with E-state index in [1.165, 1.54) is 11.8 Å². The molecule has 0 saturated carbocycles. The SMILES string of the molecule is Cc1ccc(-c2cc(C(=O)N3CCN(C(=O)c4ccco4)CC3)[nH]n2)cc1. The minimum Gasteiger partial charge on any atom is -0.459 e. The lowest BCUT2D eigenvalue weighted by Gasteiger charge is -2.34. The van der Waals surface area contributed by atoms with Crippen LogP contribution in [0.15, 0.2) is 53.1 Å². The Labute approximate surface area is 156 Å². The van der Waals surface area contributed by atoms with Crippen molar-refractivity contribution in [2.45, 2.75) is 6.92 Å². The fraction of sp³-hybridized carbons (Fsp3) is 0.250. The molecule has 0 spiro atoms. The Morgan fingerprint density at radius 3 is 2.30 bits per heavy atom. The van der Waals surface area contributed by atoms with Crippen molar-refractivity contribution in [1.29, 1.82) is 0 Å². The van der Waals surface area contributed by atoms with Crippen molar-refractivity contribution in [3.63, 3.8) is 0 Å². The molecule has 1 aliphatic heterocycles. The van der Waals surface area contributed by atoms with Crippen LogP contribution in [0, 0.1) is 6.92 Å². The molecule has 0 atom stereocenters. The third kappa shape index (κ3) is 3.48. The van der Waals surface area contributed by atoms with E-state index in [0.29, 0.717) is 37.6 Å². The maximum Gasteiger partial charge on any atom is 0.289 e. The number of aromatic amines is 1. The number of furan rings is 1. The van der Waals surface area contributed by atoms with Gasteiger partial charge in [-0.05, 0) is 25.1 Å². The van der Waals surface area contributed by atoms with Gasteiger partial charge in [-0.1, -0.05) is 29.8 Å². The third-order valence-corrected chi connectivity index (χ3v) is 4.74. The van der Waals surface area contributed by atoms with Gasteiger partial charge in [0.1, 0.15) is 5.69 Å². The fourth-order valence-corrected chi connectivity index (χ4v) is 3.14. The van der Waals surface area contributed by atoms with E-state index in [9.17, 15) is 9.59 Å². The second kappa shape index (κ2) is 7.11. The summed E-state index contributed by atoms with van der Waals surface area (Å²) in [6.07, 6.45) is 1.48. The first-order chi connectivity index (χ1) is 13.1. The summed E-state index contributed by atoms with van der Waals surface area (Å²) in [6.45, 7) is 3.93. The second-order valence-electron chi connectivity index (χ2n) is 6.59. The predicted molar refractivity (Wildman–Crippen MR) is 99.3 cm³/mol. The summed E-state index contributed by atoms with van der Waals surface area (Å²) in [5.74, 6) is 0.0762. The van der Waals surface area contributed by atoms with Crippen LogP contribution in [0.5, 0.6) is 0 Å². The van der Waals surface area contributed by atoms with Gasteiger partial charge in [-0.2, -0.15) is 5.10 Å². The maximum atomic E-state index is 12.7. The molecule has 2 amide bonds. The van der Waals surface area contributed by atoms with Crippen molar-refractivity contribution in [1.82, 2.24) is 20.0 Å². The van der Waals surface area contributed by atoms with E-state index < -0.39 is 0 Å². The van der Waals surface area contributed by atoms with Gasteiger partial charge in [-0.25, -0.2) is 0 Å². The molecule has 4 rings (SSSR count). The lowest BCUT2D eigenvalue weighted by atomic mass is 10.1. The molecule has 0 bridgehead atoms. The van der Waals surface area contributed by atoms with Crippen molar-refractivity contribution < 1.29 is 14.0 Å². The number of carbonyl (C=O) groups is 2. The van der Waals surface area contributed by atoms with E-state index in [4.69, 9.17) is 4.42 Å². The molecular formula is C20H20N4O3. The first kappa shape index (κ1) is 17.1. The molecular weight excluding hydrogens is 344 g/mol. The zero-order valence-electron chi connectivity index (χ0n) is 15.0. The Kier molecular flexibility index (Phi) is 4.50. The summed E-state index contributed by atoms with van der Waals surface area (Å²) in [5, 5.41) is 7.10. The van der Waals surface area contributed by atoms with Gasteiger partial charge in [0.2, 0.25) is 0 Å². The fourth-order valence-electron chi connectivity index (χ4n) is 3.14. The number of benzene rings is 1. The summed E-state index contributed by atoms with van der Waals surface area (Å²) in [7, 11) is 0. The zero-order valence-corrected chi connectivity index (χ0v) is 15.0. The van der Waals surface area contributed by atoms with Gasteiger partial charge in [0.25, 0.3) is 11.8 Å². The number of carbonyl (C=O) groups excluding carboxylic acids is 2. The standard InChI is InChI=1S/C20H20N4O3/c1-14-4-6-15(7-5-14)16-13-17(22-21-16)19(25)23-8-10-24(11-9-23)20(26)18-3-2-12-27-18/h2-7,12-13H,8-11H2,1H3,(H,21,22). The highest BCUT2D eigenvalue weighted by atomic mass is 16.3. The predicted octanol–water partition coefficient (Wildman–Crippen LogP) is 2.58. The molecule has 1 aromatic carbocycles. The van der Waals surface area contributed by atoms with Gasteiger partial charge in [0, 0.05) is 31.7 Å². The van der Waals surface area contributed by atoms with E-state index in [1.54, 1.807) is 28.0 Å². The van der Waals surface area contributed by atoms with Crippen LogP contribution in [-0.4, -0.2) is 58.0 Å². The summed E-state index contributed by atoms with van der Waals surface area (Å²) in [6, 6.07) is 13.1. The number of amides is 2. The van der Waals surface area contributed by atoms with E-state index in [-0.39, 0.29) is 11.8 Å². The number of aryl methyl sites for hydroxylation is 1. The smallest absolute Gasteiger partial charge is 0.289 e. The number of piperazine rings is 1. The molecule has 0 radical (unpaired) electrons. The number of nitrogens with one attached hydrogen (secondary N) is 1. The van der Waals surface area contributed by atoms with Crippen LogP contribution in [0.1, 0.15) is 26.6 Å². The molecule has 0 unspecified atom stereocenters. The van der Waals surface area contributed by atoms with Crippen LogP contribution in [0.3, 0.4) is 0 Å². The highest BCUT2D eigenvalue weighted by molar-refractivity contribution is 5.94. The first-order valence-electron chi connectivity index (χ1n) is 8.86. The Hall–Kier alpha value is -3.35. The lowest BCUT2D eigenvalue weighted by Crippen LogP contribution is -2.50. The molecule has 1 aliphatic rings. The van der Waals surface area contributed by atoms with Crippen LogP contribution in [-0.2, 0) is 0 Å². The molecule has 3 heterocycles. The summed E-state index contributed by atoms with van der Waals surface area (Å²) >= 11 is 0. The van der Waals surface area contributed by atoms with E-state index in [1.807, 2.05) is 31.2 Å². The molecule has 3 aromatic rings. The number of aromatic nitrogens is 2. The minimum atomic E-state index is -0.143. The molecule has 7 nitrogen and oxygen atoms in total. The highest BCUT2D eigenvalue weighted by Gasteiger charge is 2.27. The summed E-state index contributed by atoms with van der Waals surface area (Å²) in [5.41, 5.74) is 3.33. The summed E-state index contributed by atoms with van der Waals surface area (Å²) in [4.78, 5) is 28.5. The second-order valence-corrected chi connectivity index (χ2v) is 6.59. The molecule has 2 aromatic heterocycles. The minimum absolute atomic E-state index is 0.106. The van der Waals surface area contributed by atoms with Crippen LogP contribution < -0.4 is 0 Å². The number of hydrogen-bond donors (Lipinski definition) is 1. The van der Waals surface area contributed by atoms with Crippen LogP contribution in [0.25, 0.3) is 11.3 Å². The van der Waals surface area contributed by atoms with Crippen molar-refractivity contribution in [2.24, 2.45) is 0 Å². The van der Waals surface area contributed by atoms with Gasteiger partial charge >= 0.3 is 0 Å². The normalized spacial score (nSPS) is 14.4. The van der Waals surface area contributed by atoms with Gasteiger partial charge in [-0.15, -0.1) is 0 Å². The van der Waals surface area contributed by atoms with E-state index >= 15 is 0 Å².